The van der Waals surface area contributed by atoms with E-state index in [1.54, 1.807) is 24.3 Å². The number of ether oxygens (including phenoxy) is 1. The van der Waals surface area contributed by atoms with Gasteiger partial charge in [-0.15, -0.1) is 11.3 Å². The van der Waals surface area contributed by atoms with Crippen molar-refractivity contribution in [3.05, 3.63) is 74.8 Å². The van der Waals surface area contributed by atoms with Crippen LogP contribution < -0.4 is 20.1 Å². The van der Waals surface area contributed by atoms with Crippen LogP contribution in [0.5, 0.6) is 5.75 Å². The van der Waals surface area contributed by atoms with Crippen LogP contribution >= 0.6 is 11.3 Å². The molecule has 3 N–H and O–H groups in total. The summed E-state index contributed by atoms with van der Waals surface area (Å²) < 4.78 is 26.0. The Morgan fingerprint density at radius 1 is 1.03 bits per heavy atom. The van der Waals surface area contributed by atoms with Crippen molar-refractivity contribution >= 4 is 67.2 Å². The third-order valence-corrected chi connectivity index (χ3v) is 7.36. The molecule has 0 aliphatic carbocycles. The lowest BCUT2D eigenvalue weighted by Crippen LogP contribution is -2.16. The third-order valence-electron chi connectivity index (χ3n) is 5.67. The number of hydrogen-bond donors (Lipinski definition) is 3. The highest BCUT2D eigenvalue weighted by Gasteiger charge is 2.23. The molecule has 0 spiro atoms. The normalized spacial score (nSPS) is 12.1. The predicted octanol–water partition coefficient (Wildman–Crippen LogP) is 5.92. The van der Waals surface area contributed by atoms with Gasteiger partial charge < -0.3 is 24.5 Å². The number of nitrogens with one attached hydrogen (secondary N) is 3. The zero-order chi connectivity index (χ0) is 28.5. The number of thiophene rings is 1. The van der Waals surface area contributed by atoms with Gasteiger partial charge in [0.15, 0.2) is 11.5 Å². The smallest absolute Gasteiger partial charge is 0.433 e. The predicted molar refractivity (Wildman–Crippen MR) is 152 cm³/mol. The lowest BCUT2D eigenvalue weighted by molar-refractivity contribution is -0.402. The highest BCUT2D eigenvalue weighted by atomic mass is 32.2. The highest BCUT2D eigenvalue weighted by molar-refractivity contribution is 7.85. The van der Waals surface area contributed by atoms with Crippen LogP contribution in [0.1, 0.15) is 46.6 Å². The lowest BCUT2D eigenvalue weighted by Gasteiger charge is -2.23. The minimum Gasteiger partial charge on any atom is -0.492 e. The minimum atomic E-state index is -1.37. The van der Waals surface area contributed by atoms with Crippen molar-refractivity contribution in [2.45, 2.75) is 26.2 Å². The molecule has 1 atom stereocenters. The molecule has 11 nitrogen and oxygen atoms in total. The summed E-state index contributed by atoms with van der Waals surface area (Å²) in [4.78, 5) is 36.5. The molecule has 0 radical (unpaired) electrons. The molecule has 4 aromatic rings. The summed E-state index contributed by atoms with van der Waals surface area (Å²) in [5, 5.41) is 17.2. The van der Waals surface area contributed by atoms with E-state index >= 15 is 0 Å². The Hall–Kier alpha value is -4.23. The molecule has 0 aliphatic rings. The van der Waals surface area contributed by atoms with Crippen molar-refractivity contribution in [1.29, 1.82) is 0 Å². The fraction of sp³-hybridized carbons (Fsp3) is 0.231. The maximum atomic E-state index is 13.4. The number of carbonyl (C=O) groups excluding carboxylic acids is 2. The van der Waals surface area contributed by atoms with Gasteiger partial charge in [0.2, 0.25) is 0 Å². The van der Waals surface area contributed by atoms with E-state index in [1.165, 1.54) is 30.8 Å². The Bertz CT molecular complexity index is 1620. The minimum absolute atomic E-state index is 0.212. The second-order valence-electron chi connectivity index (χ2n) is 9.55. The van der Waals surface area contributed by atoms with Crippen molar-refractivity contribution in [2.75, 3.05) is 28.7 Å². The lowest BCUT2D eigenvalue weighted by atomic mass is 9.86. The fourth-order valence-corrected chi connectivity index (χ4v) is 5.28. The molecular weight excluding hydrogens is 544 g/mol. The molecular formula is C26H26N4O7S2. The van der Waals surface area contributed by atoms with E-state index in [9.17, 15) is 23.9 Å². The Balaban J connectivity index is 1.65. The van der Waals surface area contributed by atoms with Crippen molar-refractivity contribution in [2.24, 2.45) is 0 Å². The average molecular weight is 571 g/mol. The number of fused-ring (bicyclic) bond motifs is 1. The van der Waals surface area contributed by atoms with Gasteiger partial charge in [-0.1, -0.05) is 32.9 Å². The van der Waals surface area contributed by atoms with Gasteiger partial charge in [-0.3, -0.25) is 19.7 Å². The molecule has 1 unspecified atom stereocenters. The maximum Gasteiger partial charge on any atom is 0.433 e. The molecule has 4 rings (SSSR count). The van der Waals surface area contributed by atoms with Crippen LogP contribution in [0.2, 0.25) is 0 Å². The van der Waals surface area contributed by atoms with Crippen LogP contribution in [0.4, 0.5) is 22.9 Å². The zero-order valence-electron chi connectivity index (χ0n) is 21.7. The van der Waals surface area contributed by atoms with Gasteiger partial charge in [0, 0.05) is 6.26 Å². The van der Waals surface area contributed by atoms with E-state index < -0.39 is 33.6 Å². The second kappa shape index (κ2) is 10.9. The summed E-state index contributed by atoms with van der Waals surface area (Å²) in [5.74, 6) is -1.47. The first-order valence-electron chi connectivity index (χ1n) is 11.6. The summed E-state index contributed by atoms with van der Waals surface area (Å²) >= 11 is 1.17. The Kier molecular flexibility index (Phi) is 7.74. The summed E-state index contributed by atoms with van der Waals surface area (Å²) in [6.07, 6.45) is 1.50. The van der Waals surface area contributed by atoms with Crippen LogP contribution in [0.3, 0.4) is 0 Å². The number of anilines is 3. The second-order valence-corrected chi connectivity index (χ2v) is 11.7. The molecule has 0 saturated carbocycles. The largest absolute Gasteiger partial charge is 0.492 e. The van der Waals surface area contributed by atoms with Crippen LogP contribution in [0, 0.1) is 10.1 Å². The van der Waals surface area contributed by atoms with E-state index in [0.29, 0.717) is 37.8 Å². The molecule has 2 heterocycles. The zero-order valence-corrected chi connectivity index (χ0v) is 23.4. The average Bonchev–Trinajstić information content (AvgIpc) is 3.51. The van der Waals surface area contributed by atoms with E-state index in [4.69, 9.17) is 9.15 Å². The van der Waals surface area contributed by atoms with Crippen molar-refractivity contribution < 1.29 is 27.9 Å². The SMILES string of the molecule is COc1c(NC(=O)c2cc3cccc(NC(=O)c4ccc([N+](=O)[O-])o4)c3s2)cc(C(C)(C)C)cc1NS(C)=O. The van der Waals surface area contributed by atoms with Gasteiger partial charge in [0.1, 0.15) is 15.9 Å². The topological polar surface area (TPSA) is 153 Å². The molecule has 0 saturated heterocycles. The number of benzene rings is 2. The van der Waals surface area contributed by atoms with Gasteiger partial charge >= 0.3 is 5.88 Å². The molecule has 13 heteroatoms. The number of carbonyl (C=O) groups is 2. The molecule has 0 bridgehead atoms. The van der Waals surface area contributed by atoms with Gasteiger partial charge in [-0.2, -0.15) is 0 Å². The number of methoxy groups -OCH3 is 1. The number of nitrogens with zero attached hydrogens (tertiary/aromatic N) is 1. The van der Waals surface area contributed by atoms with E-state index in [0.717, 1.165) is 11.6 Å². The molecule has 204 valence electrons. The third kappa shape index (κ3) is 6.10. The van der Waals surface area contributed by atoms with E-state index in [2.05, 4.69) is 15.4 Å². The van der Waals surface area contributed by atoms with Crippen molar-refractivity contribution in [3.63, 3.8) is 0 Å². The molecule has 0 aliphatic heterocycles. The standard InChI is InChI=1S/C26H26N4O7S2/c1-26(2,3)15-12-17(22(36-4)18(13-15)29-39(5)35)28-25(32)20-11-14-7-6-8-16(23(14)38-20)27-24(31)19-9-10-21(37-19)30(33)34/h6-13,29H,1-5H3,(H,27,31)(H,28,32). The Morgan fingerprint density at radius 2 is 1.72 bits per heavy atom. The number of furan rings is 1. The van der Waals surface area contributed by atoms with Crippen LogP contribution in [0.25, 0.3) is 10.1 Å². The Labute approximate surface area is 230 Å². The van der Waals surface area contributed by atoms with E-state index in [1.807, 2.05) is 32.9 Å². The first-order chi connectivity index (χ1) is 18.4. The number of amides is 2. The summed E-state index contributed by atoms with van der Waals surface area (Å²) in [7, 11) is 0.0970. The van der Waals surface area contributed by atoms with Gasteiger partial charge in [0.05, 0.1) is 39.8 Å². The Morgan fingerprint density at radius 3 is 2.33 bits per heavy atom. The molecule has 2 aromatic heterocycles. The first-order valence-corrected chi connectivity index (χ1v) is 14.0. The first kappa shape index (κ1) is 27.8. The molecule has 2 aromatic carbocycles. The number of rotatable bonds is 8. The maximum absolute atomic E-state index is 13.4. The number of nitro groups is 1. The van der Waals surface area contributed by atoms with Gasteiger partial charge in [-0.25, -0.2) is 4.21 Å². The summed E-state index contributed by atoms with van der Waals surface area (Å²) in [6, 6.07) is 12.9. The summed E-state index contributed by atoms with van der Waals surface area (Å²) in [5.41, 5.74) is 1.95. The van der Waals surface area contributed by atoms with Crippen LogP contribution in [0.15, 0.2) is 52.9 Å². The fourth-order valence-electron chi connectivity index (χ4n) is 3.79. The number of hydrogen-bond acceptors (Lipinski definition) is 8. The van der Waals surface area contributed by atoms with E-state index in [-0.39, 0.29) is 11.2 Å². The van der Waals surface area contributed by atoms with Crippen molar-refractivity contribution in [1.82, 2.24) is 0 Å². The monoisotopic (exact) mass is 570 g/mol. The van der Waals surface area contributed by atoms with Crippen molar-refractivity contribution in [3.8, 4) is 5.75 Å². The molecule has 39 heavy (non-hydrogen) atoms. The summed E-state index contributed by atoms with van der Waals surface area (Å²) in [6.45, 7) is 6.07. The molecule has 0 fully saturated rings. The molecule has 2 amide bonds. The van der Waals surface area contributed by atoms with Gasteiger partial charge in [0.25, 0.3) is 11.8 Å². The van der Waals surface area contributed by atoms with Gasteiger partial charge in [-0.05, 0) is 46.7 Å². The quantitative estimate of drug-likeness (QED) is 0.176. The highest BCUT2D eigenvalue weighted by Crippen LogP contribution is 2.40. The van der Waals surface area contributed by atoms with Crippen LogP contribution in [-0.4, -0.2) is 34.3 Å². The van der Waals surface area contributed by atoms with Crippen LogP contribution in [-0.2, 0) is 16.4 Å².